The monoisotopic (exact) mass is 249 g/mol. The fraction of sp³-hybridized carbons (Fsp3) is 0.571. The maximum Gasteiger partial charge on any atom is 0.210 e. The first-order valence-corrected chi connectivity index (χ1v) is 6.21. The summed E-state index contributed by atoms with van der Waals surface area (Å²) in [7, 11) is 0. The third kappa shape index (κ3) is 3.81. The van der Waals surface area contributed by atoms with E-state index >= 15 is 0 Å². The van der Waals surface area contributed by atoms with Crippen molar-refractivity contribution in [3.8, 4) is 0 Å². The van der Waals surface area contributed by atoms with E-state index in [-0.39, 0.29) is 11.1 Å². The zero-order valence-corrected chi connectivity index (χ0v) is 11.7. The summed E-state index contributed by atoms with van der Waals surface area (Å²) < 4.78 is 0. The summed E-state index contributed by atoms with van der Waals surface area (Å²) in [5.74, 6) is 0. The lowest BCUT2D eigenvalue weighted by molar-refractivity contribution is -0.132. The number of aromatic nitrogens is 1. The SMILES string of the molecule is CC1(C)CNCC(C)(C)N1C=O.c1ccncc1. The van der Waals surface area contributed by atoms with E-state index in [1.165, 1.54) is 0 Å². The highest BCUT2D eigenvalue weighted by Gasteiger charge is 2.40. The van der Waals surface area contributed by atoms with Gasteiger partial charge in [0.1, 0.15) is 0 Å². The second kappa shape index (κ2) is 5.96. The van der Waals surface area contributed by atoms with Crippen molar-refractivity contribution in [3.05, 3.63) is 30.6 Å². The van der Waals surface area contributed by atoms with Crippen LogP contribution in [0.1, 0.15) is 27.7 Å². The van der Waals surface area contributed by atoms with Crippen LogP contribution in [0.2, 0.25) is 0 Å². The molecule has 4 nitrogen and oxygen atoms in total. The molecule has 1 aliphatic rings. The number of hydrogen-bond acceptors (Lipinski definition) is 3. The molecule has 100 valence electrons. The van der Waals surface area contributed by atoms with Gasteiger partial charge in [0.15, 0.2) is 0 Å². The number of hydrogen-bond donors (Lipinski definition) is 1. The average molecular weight is 249 g/mol. The zero-order valence-electron chi connectivity index (χ0n) is 11.7. The van der Waals surface area contributed by atoms with E-state index < -0.39 is 0 Å². The van der Waals surface area contributed by atoms with Crippen LogP contribution in [-0.2, 0) is 4.79 Å². The Labute approximate surface area is 109 Å². The Hall–Kier alpha value is -1.42. The number of piperazine rings is 1. The Bertz CT molecular complexity index is 320. The maximum absolute atomic E-state index is 10.9. The molecule has 1 aromatic heterocycles. The highest BCUT2D eigenvalue weighted by atomic mass is 16.1. The van der Waals surface area contributed by atoms with Crippen LogP contribution in [0.15, 0.2) is 30.6 Å². The van der Waals surface area contributed by atoms with Gasteiger partial charge in [-0.1, -0.05) is 6.07 Å². The normalized spacial score (nSPS) is 20.6. The van der Waals surface area contributed by atoms with Gasteiger partial charge in [-0.25, -0.2) is 0 Å². The van der Waals surface area contributed by atoms with Crippen LogP contribution < -0.4 is 5.32 Å². The summed E-state index contributed by atoms with van der Waals surface area (Å²) in [6.07, 6.45) is 4.46. The molecule has 0 radical (unpaired) electrons. The van der Waals surface area contributed by atoms with Crippen LogP contribution in [0.4, 0.5) is 0 Å². The third-order valence-electron chi connectivity index (χ3n) is 3.09. The summed E-state index contributed by atoms with van der Waals surface area (Å²) in [6, 6.07) is 5.72. The summed E-state index contributed by atoms with van der Waals surface area (Å²) in [4.78, 5) is 16.6. The van der Waals surface area contributed by atoms with Crippen molar-refractivity contribution < 1.29 is 4.79 Å². The van der Waals surface area contributed by atoms with Crippen LogP contribution in [0.3, 0.4) is 0 Å². The fourth-order valence-electron chi connectivity index (χ4n) is 2.26. The summed E-state index contributed by atoms with van der Waals surface area (Å²) in [5, 5.41) is 3.33. The van der Waals surface area contributed by atoms with E-state index in [1.54, 1.807) is 12.4 Å². The number of amides is 1. The molecule has 1 aliphatic heterocycles. The Balaban J connectivity index is 0.000000225. The molecule has 1 N–H and O–H groups in total. The molecule has 0 spiro atoms. The predicted molar refractivity (Wildman–Crippen MR) is 73.2 cm³/mol. The molecule has 0 atom stereocenters. The van der Waals surface area contributed by atoms with Gasteiger partial charge in [-0.3, -0.25) is 9.78 Å². The highest BCUT2D eigenvalue weighted by molar-refractivity contribution is 5.51. The van der Waals surface area contributed by atoms with E-state index in [0.717, 1.165) is 19.5 Å². The van der Waals surface area contributed by atoms with Gasteiger partial charge in [0.25, 0.3) is 0 Å². The molecule has 0 aromatic carbocycles. The minimum atomic E-state index is -0.0660. The van der Waals surface area contributed by atoms with Gasteiger partial charge in [0.05, 0.1) is 11.1 Å². The molecule has 0 aliphatic carbocycles. The van der Waals surface area contributed by atoms with Crippen LogP contribution in [-0.4, -0.2) is 40.5 Å². The first-order valence-electron chi connectivity index (χ1n) is 6.21. The number of rotatable bonds is 1. The second-order valence-electron chi connectivity index (χ2n) is 5.73. The Morgan fingerprint density at radius 2 is 1.56 bits per heavy atom. The first kappa shape index (κ1) is 14.6. The molecule has 2 rings (SSSR count). The zero-order chi connectivity index (χ0) is 13.6. The van der Waals surface area contributed by atoms with Crippen molar-refractivity contribution in [2.45, 2.75) is 38.8 Å². The lowest BCUT2D eigenvalue weighted by Gasteiger charge is -2.51. The summed E-state index contributed by atoms with van der Waals surface area (Å²) >= 11 is 0. The molecular weight excluding hydrogens is 226 g/mol. The molecule has 1 fully saturated rings. The predicted octanol–water partition coefficient (Wildman–Crippen LogP) is 1.69. The largest absolute Gasteiger partial charge is 0.332 e. The third-order valence-corrected chi connectivity index (χ3v) is 3.09. The molecule has 0 unspecified atom stereocenters. The van der Waals surface area contributed by atoms with Crippen molar-refractivity contribution in [1.82, 2.24) is 15.2 Å². The topological polar surface area (TPSA) is 45.2 Å². The van der Waals surface area contributed by atoms with E-state index in [9.17, 15) is 4.79 Å². The molecule has 1 amide bonds. The van der Waals surface area contributed by atoms with E-state index in [4.69, 9.17) is 0 Å². The number of nitrogens with one attached hydrogen (secondary N) is 1. The van der Waals surface area contributed by atoms with Gasteiger partial charge >= 0.3 is 0 Å². The summed E-state index contributed by atoms with van der Waals surface area (Å²) in [5.41, 5.74) is -0.132. The molecule has 4 heteroatoms. The smallest absolute Gasteiger partial charge is 0.210 e. The van der Waals surface area contributed by atoms with Crippen LogP contribution in [0, 0.1) is 0 Å². The minimum Gasteiger partial charge on any atom is -0.332 e. The minimum absolute atomic E-state index is 0.0660. The van der Waals surface area contributed by atoms with E-state index in [1.807, 2.05) is 23.1 Å². The number of nitrogens with zero attached hydrogens (tertiary/aromatic N) is 2. The maximum atomic E-state index is 10.9. The van der Waals surface area contributed by atoms with Gasteiger partial charge < -0.3 is 10.2 Å². The number of pyridine rings is 1. The van der Waals surface area contributed by atoms with Crippen LogP contribution in [0.25, 0.3) is 0 Å². The van der Waals surface area contributed by atoms with Crippen molar-refractivity contribution in [2.24, 2.45) is 0 Å². The van der Waals surface area contributed by atoms with Crippen molar-refractivity contribution in [3.63, 3.8) is 0 Å². The van der Waals surface area contributed by atoms with Crippen molar-refractivity contribution in [2.75, 3.05) is 13.1 Å². The first-order chi connectivity index (χ1) is 8.40. The quantitative estimate of drug-likeness (QED) is 0.770. The van der Waals surface area contributed by atoms with Crippen LogP contribution >= 0.6 is 0 Å². The van der Waals surface area contributed by atoms with E-state index in [0.29, 0.717) is 0 Å². The molecule has 1 aromatic rings. The lowest BCUT2D eigenvalue weighted by atomic mass is 9.90. The Morgan fingerprint density at radius 3 is 1.78 bits per heavy atom. The van der Waals surface area contributed by atoms with Gasteiger partial charge in [-0.2, -0.15) is 0 Å². The average Bonchev–Trinajstić information content (AvgIpc) is 2.30. The van der Waals surface area contributed by atoms with Crippen molar-refractivity contribution in [1.29, 1.82) is 0 Å². The molecule has 0 bridgehead atoms. The molecule has 0 saturated carbocycles. The van der Waals surface area contributed by atoms with Gasteiger partial charge in [-0.05, 0) is 39.8 Å². The van der Waals surface area contributed by atoms with Gasteiger partial charge in [-0.15, -0.1) is 0 Å². The van der Waals surface area contributed by atoms with Crippen LogP contribution in [0.5, 0.6) is 0 Å². The number of carbonyl (C=O) groups is 1. The Kier molecular flexibility index (Phi) is 4.84. The van der Waals surface area contributed by atoms with E-state index in [2.05, 4.69) is 38.0 Å². The molecule has 2 heterocycles. The van der Waals surface area contributed by atoms with Gasteiger partial charge in [0.2, 0.25) is 6.41 Å². The molecular formula is C14H23N3O. The lowest BCUT2D eigenvalue weighted by Crippen LogP contribution is -2.67. The number of carbonyl (C=O) groups excluding carboxylic acids is 1. The molecule has 18 heavy (non-hydrogen) atoms. The van der Waals surface area contributed by atoms with Gasteiger partial charge in [0, 0.05) is 25.5 Å². The standard InChI is InChI=1S/C9H18N2O.C5H5N/c1-8(2)5-10-6-9(3,4)11(8)7-12;1-2-4-6-5-3-1/h7,10H,5-6H2,1-4H3;1-5H. The van der Waals surface area contributed by atoms with Crippen molar-refractivity contribution >= 4 is 6.41 Å². The summed E-state index contributed by atoms with van der Waals surface area (Å²) in [6.45, 7) is 10.1. The Morgan fingerprint density at radius 1 is 1.06 bits per heavy atom. The molecule has 1 saturated heterocycles. The second-order valence-corrected chi connectivity index (χ2v) is 5.73. The highest BCUT2D eigenvalue weighted by Crippen LogP contribution is 2.25. The fourth-order valence-corrected chi connectivity index (χ4v) is 2.26.